The third-order valence-corrected chi connectivity index (χ3v) is 16.0. The zero-order valence-electron chi connectivity index (χ0n) is 43.3. The highest BCUT2D eigenvalue weighted by molar-refractivity contribution is 6.00. The molecule has 0 saturated heterocycles. The topological polar surface area (TPSA) is 9.72 Å². The first-order chi connectivity index (χ1) is 36.4. The molecule has 0 fully saturated rings. The number of rotatable bonds is 9. The smallest absolute Gasteiger partial charge is 0.0666 e. The average Bonchev–Trinajstić information content (AvgIpc) is 3.93. The molecule has 0 radical (unpaired) electrons. The molecule has 6 bridgehead atoms. The second kappa shape index (κ2) is 19.6. The van der Waals surface area contributed by atoms with Crippen LogP contribution in [0.2, 0.25) is 0 Å². The first-order valence-corrected chi connectivity index (χ1v) is 26.6. The van der Waals surface area contributed by atoms with Gasteiger partial charge in [0.2, 0.25) is 0 Å². The van der Waals surface area contributed by atoms with Crippen molar-refractivity contribution in [1.82, 2.24) is 0 Å². The summed E-state index contributed by atoms with van der Waals surface area (Å²) in [5, 5.41) is 2.42. The van der Waals surface area contributed by atoms with E-state index in [1.165, 1.54) is 89.0 Å². The molecule has 0 spiro atoms. The number of nitrogens with zero attached hydrogens (tertiary/aromatic N) is 3. The van der Waals surface area contributed by atoms with Gasteiger partial charge in [0.15, 0.2) is 0 Å². The molecule has 3 aliphatic rings. The lowest BCUT2D eigenvalue weighted by atomic mass is 9.63. The maximum Gasteiger partial charge on any atom is 0.0666 e. The van der Waals surface area contributed by atoms with Crippen LogP contribution in [0.25, 0.3) is 21.9 Å². The van der Waals surface area contributed by atoms with Crippen molar-refractivity contribution in [2.45, 2.75) is 72.1 Å². The molecule has 0 aromatic heterocycles. The van der Waals surface area contributed by atoms with E-state index in [1.54, 1.807) is 0 Å². The number of hydrogen-bond donors (Lipinski definition) is 0. The van der Waals surface area contributed by atoms with Crippen molar-refractivity contribution < 1.29 is 0 Å². The van der Waals surface area contributed by atoms with E-state index < -0.39 is 5.41 Å². The molecule has 362 valence electrons. The van der Waals surface area contributed by atoms with Gasteiger partial charge < -0.3 is 14.7 Å². The quantitative estimate of drug-likeness (QED) is 0.134. The van der Waals surface area contributed by atoms with Crippen LogP contribution < -0.4 is 14.7 Å². The molecule has 1 unspecified atom stereocenters. The number of anilines is 8. The summed E-state index contributed by atoms with van der Waals surface area (Å²) in [5.41, 5.74) is 24.0. The zero-order valence-corrected chi connectivity index (χ0v) is 43.3. The number of allylic oxidation sites excluding steroid dienone is 7. The summed E-state index contributed by atoms with van der Waals surface area (Å²) in [6.07, 6.45) is 18.8. The monoisotopic (exact) mass is 958 g/mol. The molecule has 74 heavy (non-hydrogen) atoms. The van der Waals surface area contributed by atoms with Gasteiger partial charge in [-0.2, -0.15) is 0 Å². The predicted molar refractivity (Wildman–Crippen MR) is 315 cm³/mol. The Labute approximate surface area is 438 Å². The summed E-state index contributed by atoms with van der Waals surface area (Å²) < 4.78 is 0. The third kappa shape index (κ3) is 7.90. The molecule has 3 heteroatoms. The van der Waals surface area contributed by atoms with Crippen LogP contribution in [0.15, 0.2) is 242 Å². The Morgan fingerprint density at radius 1 is 0.541 bits per heavy atom. The van der Waals surface area contributed by atoms with Gasteiger partial charge in [0.25, 0.3) is 0 Å². The maximum atomic E-state index is 2.65. The standard InChI is InChI=1S/C71H63N3/c1-6-23-60(7-2)73(66-43-41-54(44-50(66)4)52-24-11-8-12-25-52)69-45-55-28-19-38-65(55)70(51(69)5)74-62-36-22-34-59(47-62)71(56-29-13-9-14-30-56,57-31-15-10-16-32-57)58-33-21-35-61(46-58)72(63-42-40-49(3)68(74)48-63)67-39-20-27-53-26-17-18-37-64(53)67/h6-15,17-18,20-27,29-31,33-37,39-48H,16,19,28,32,38H2,1-5H3/b23-6-,60-7+. The van der Waals surface area contributed by atoms with E-state index in [4.69, 9.17) is 0 Å². The number of fused-ring (bicyclic) bond motifs is 8. The molecule has 2 aliphatic carbocycles. The minimum absolute atomic E-state index is 0.609. The molecular weight excluding hydrogens is 895 g/mol. The molecule has 1 heterocycles. The summed E-state index contributed by atoms with van der Waals surface area (Å²) >= 11 is 0. The summed E-state index contributed by atoms with van der Waals surface area (Å²) in [5.74, 6) is 0. The molecule has 0 amide bonds. The number of hydrogen-bond acceptors (Lipinski definition) is 3. The van der Waals surface area contributed by atoms with Gasteiger partial charge in [-0.05, 0) is 194 Å². The van der Waals surface area contributed by atoms with Crippen LogP contribution in [0, 0.1) is 20.8 Å². The van der Waals surface area contributed by atoms with E-state index in [1.807, 2.05) is 0 Å². The highest BCUT2D eigenvalue weighted by atomic mass is 15.2. The van der Waals surface area contributed by atoms with Crippen LogP contribution in [-0.4, -0.2) is 0 Å². The van der Waals surface area contributed by atoms with Gasteiger partial charge in [-0.25, -0.2) is 0 Å². The van der Waals surface area contributed by atoms with E-state index in [-0.39, 0.29) is 0 Å². The molecule has 1 aliphatic heterocycles. The van der Waals surface area contributed by atoms with Gasteiger partial charge in [0.05, 0.1) is 28.2 Å². The largest absolute Gasteiger partial charge is 0.310 e. The van der Waals surface area contributed by atoms with Crippen LogP contribution in [0.1, 0.15) is 77.6 Å². The Hall–Kier alpha value is -8.40. The Morgan fingerprint density at radius 2 is 1.23 bits per heavy atom. The highest BCUT2D eigenvalue weighted by Gasteiger charge is 2.41. The average molecular weight is 958 g/mol. The van der Waals surface area contributed by atoms with Crippen molar-refractivity contribution in [3.63, 3.8) is 0 Å². The minimum Gasteiger partial charge on any atom is -0.310 e. The lowest BCUT2D eigenvalue weighted by Gasteiger charge is -2.41. The Kier molecular flexibility index (Phi) is 12.3. The molecule has 12 rings (SSSR count). The van der Waals surface area contributed by atoms with Gasteiger partial charge in [-0.3, -0.25) is 0 Å². The second-order valence-corrected chi connectivity index (χ2v) is 20.3. The predicted octanol–water partition coefficient (Wildman–Crippen LogP) is 19.4. The summed E-state index contributed by atoms with van der Waals surface area (Å²) in [7, 11) is 0. The molecule has 9 aromatic carbocycles. The highest BCUT2D eigenvalue weighted by Crippen LogP contribution is 2.54. The van der Waals surface area contributed by atoms with E-state index in [0.29, 0.717) is 0 Å². The van der Waals surface area contributed by atoms with Crippen LogP contribution in [0.3, 0.4) is 0 Å². The van der Waals surface area contributed by atoms with Gasteiger partial charge in [-0.15, -0.1) is 0 Å². The molecule has 0 saturated carbocycles. The normalized spacial score (nSPS) is 16.2. The summed E-state index contributed by atoms with van der Waals surface area (Å²) in [4.78, 5) is 7.69. The lowest BCUT2D eigenvalue weighted by molar-refractivity contribution is 0.676. The van der Waals surface area contributed by atoms with Crippen molar-refractivity contribution in [3.8, 4) is 11.1 Å². The first-order valence-electron chi connectivity index (χ1n) is 26.6. The Morgan fingerprint density at radius 3 is 1.96 bits per heavy atom. The van der Waals surface area contributed by atoms with Crippen LogP contribution in [0.4, 0.5) is 45.5 Å². The SMILES string of the molecule is C/C=C\C(=C/C)N(c1ccc(-c2ccccc2)cc1C)c1cc2c(c(N3c4cccc(c4)C(C4=CC=CCC4)(c4ccccc4)c4cccc(c4)N(c4cccc5ccccc45)c4ccc(C)c3c4)c1C)CCC2. The van der Waals surface area contributed by atoms with Crippen molar-refractivity contribution in [3.05, 3.63) is 286 Å². The summed E-state index contributed by atoms with van der Waals surface area (Å²) in [6.45, 7) is 11.2. The van der Waals surface area contributed by atoms with Crippen molar-refractivity contribution in [2.75, 3.05) is 14.7 Å². The minimum atomic E-state index is -0.609. The van der Waals surface area contributed by atoms with Crippen LogP contribution in [0.5, 0.6) is 0 Å². The fourth-order valence-electron chi connectivity index (χ4n) is 12.6. The third-order valence-electron chi connectivity index (χ3n) is 16.0. The van der Waals surface area contributed by atoms with Gasteiger partial charge in [0.1, 0.15) is 0 Å². The molecule has 3 nitrogen and oxygen atoms in total. The number of benzene rings is 9. The van der Waals surface area contributed by atoms with E-state index in [0.717, 1.165) is 66.2 Å². The van der Waals surface area contributed by atoms with Gasteiger partial charge in [-0.1, -0.05) is 169 Å². The fourth-order valence-corrected chi connectivity index (χ4v) is 12.6. The fraction of sp³-hybridized carbons (Fsp3) is 0.155. The van der Waals surface area contributed by atoms with Crippen LogP contribution >= 0.6 is 0 Å². The molecule has 1 atom stereocenters. The maximum absolute atomic E-state index is 2.65. The summed E-state index contributed by atoms with van der Waals surface area (Å²) in [6, 6.07) is 73.3. The molecular formula is C71H63N3. The van der Waals surface area contributed by atoms with Crippen molar-refractivity contribution in [1.29, 1.82) is 0 Å². The van der Waals surface area contributed by atoms with Gasteiger partial charge >= 0.3 is 0 Å². The first kappa shape index (κ1) is 46.7. The Balaban J connectivity index is 1.18. The van der Waals surface area contributed by atoms with E-state index >= 15 is 0 Å². The Bertz CT molecular complexity index is 3720. The molecule has 9 aromatic rings. The van der Waals surface area contributed by atoms with Crippen molar-refractivity contribution >= 4 is 56.3 Å². The lowest BCUT2D eigenvalue weighted by Crippen LogP contribution is -2.33. The van der Waals surface area contributed by atoms with Crippen molar-refractivity contribution in [2.24, 2.45) is 0 Å². The molecule has 0 N–H and O–H groups in total. The van der Waals surface area contributed by atoms with Crippen LogP contribution in [-0.2, 0) is 18.3 Å². The van der Waals surface area contributed by atoms with E-state index in [9.17, 15) is 0 Å². The van der Waals surface area contributed by atoms with E-state index in [2.05, 4.69) is 280 Å². The second-order valence-electron chi connectivity index (χ2n) is 20.3. The number of aryl methyl sites for hydroxylation is 3. The van der Waals surface area contributed by atoms with Gasteiger partial charge in [0, 0.05) is 33.8 Å². The zero-order chi connectivity index (χ0) is 50.3.